The molecule has 0 aliphatic heterocycles. The summed E-state index contributed by atoms with van der Waals surface area (Å²) in [4.78, 5) is 0. The van der Waals surface area contributed by atoms with E-state index in [0.29, 0.717) is 28.0 Å². The van der Waals surface area contributed by atoms with Gasteiger partial charge in [0.1, 0.15) is 11.3 Å². The second-order valence-corrected chi connectivity index (χ2v) is 12.2. The normalized spacial score (nSPS) is 14.0. The molecule has 10 rings (SSSR count). The lowest BCUT2D eigenvalue weighted by Crippen LogP contribution is -1.92. The largest absolute Gasteiger partial charge is 0.455 e. The summed E-state index contributed by atoms with van der Waals surface area (Å²) >= 11 is 0. The first-order chi connectivity index (χ1) is 27.7. The van der Waals surface area contributed by atoms with E-state index >= 15 is 0 Å². The van der Waals surface area contributed by atoms with Gasteiger partial charge in [-0.1, -0.05) is 170 Å². The molecular formula is C48H30O. The van der Waals surface area contributed by atoms with Gasteiger partial charge in [0.05, 0.1) is 11.0 Å². The molecule has 0 aliphatic carbocycles. The first-order valence-electron chi connectivity index (χ1n) is 20.2. The van der Waals surface area contributed by atoms with Crippen molar-refractivity contribution < 1.29 is 15.4 Å². The van der Waals surface area contributed by atoms with Crippen molar-refractivity contribution in [2.75, 3.05) is 0 Å². The predicted molar refractivity (Wildman–Crippen MR) is 208 cm³/mol. The molecule has 49 heavy (non-hydrogen) atoms. The summed E-state index contributed by atoms with van der Waals surface area (Å²) in [6, 6.07) is 40.0. The Hall–Kier alpha value is -6.44. The van der Waals surface area contributed by atoms with E-state index in [4.69, 9.17) is 9.90 Å². The van der Waals surface area contributed by atoms with Crippen molar-refractivity contribution in [1.29, 1.82) is 0 Å². The summed E-state index contributed by atoms with van der Waals surface area (Å²) in [6.45, 7) is 0. The standard InChI is InChI=1S/C48H30O/c1-3-15-32(16-4-1)46-43-29-27-34(30-44(43)49-48(46)33-17-5-2-6-18-33)45-39-20-9-11-22-41(39)47(42-23-12-10-21-40(42)45)38-25-13-24-36-35-19-8-7-14-31(35)26-28-37(36)38/h1-30H/i9D,10D,11D,12D,20D,21D,22D,23D. The Bertz CT molecular complexity index is 3240. The van der Waals surface area contributed by atoms with E-state index in [2.05, 4.69) is 0 Å². The number of rotatable bonds is 4. The van der Waals surface area contributed by atoms with E-state index in [-0.39, 0.29) is 51.3 Å². The van der Waals surface area contributed by atoms with Gasteiger partial charge in [-0.15, -0.1) is 0 Å². The van der Waals surface area contributed by atoms with Crippen molar-refractivity contribution in [3.63, 3.8) is 0 Å². The molecule has 0 amide bonds. The van der Waals surface area contributed by atoms with Crippen LogP contribution in [0.15, 0.2) is 186 Å². The molecule has 0 aliphatic rings. The molecular weight excluding hydrogens is 593 g/mol. The predicted octanol–water partition coefficient (Wildman–Crippen LogP) is 13.7. The van der Waals surface area contributed by atoms with Crippen LogP contribution in [0.3, 0.4) is 0 Å². The summed E-state index contributed by atoms with van der Waals surface area (Å²) in [7, 11) is 0. The zero-order valence-corrected chi connectivity index (χ0v) is 26.1. The first kappa shape index (κ1) is 20.7. The van der Waals surface area contributed by atoms with Crippen LogP contribution in [0.1, 0.15) is 11.0 Å². The van der Waals surface area contributed by atoms with Crippen molar-refractivity contribution >= 4 is 54.1 Å². The summed E-state index contributed by atoms with van der Waals surface area (Å²) in [6.07, 6.45) is 0. The van der Waals surface area contributed by atoms with Crippen LogP contribution in [0.25, 0.3) is 98.8 Å². The molecule has 0 atom stereocenters. The Balaban J connectivity index is 1.40. The van der Waals surface area contributed by atoms with Crippen molar-refractivity contribution in [3.8, 4) is 44.7 Å². The maximum Gasteiger partial charge on any atom is 0.143 e. The van der Waals surface area contributed by atoms with Gasteiger partial charge in [-0.25, -0.2) is 0 Å². The van der Waals surface area contributed by atoms with E-state index in [0.717, 1.165) is 43.6 Å². The van der Waals surface area contributed by atoms with Gasteiger partial charge in [0.2, 0.25) is 0 Å². The van der Waals surface area contributed by atoms with Crippen molar-refractivity contribution in [2.45, 2.75) is 0 Å². The van der Waals surface area contributed by atoms with Gasteiger partial charge in [-0.05, 0) is 83.0 Å². The monoisotopic (exact) mass is 630 g/mol. The van der Waals surface area contributed by atoms with Crippen LogP contribution in [-0.2, 0) is 0 Å². The topological polar surface area (TPSA) is 13.1 Å². The molecule has 0 radical (unpaired) electrons. The summed E-state index contributed by atoms with van der Waals surface area (Å²) in [5.74, 6) is 0.659. The average molecular weight is 631 g/mol. The molecule has 9 aromatic carbocycles. The maximum atomic E-state index is 9.46. The van der Waals surface area contributed by atoms with Gasteiger partial charge in [-0.2, -0.15) is 0 Å². The zero-order valence-electron chi connectivity index (χ0n) is 34.1. The Morgan fingerprint density at radius 2 is 0.959 bits per heavy atom. The smallest absolute Gasteiger partial charge is 0.143 e. The SMILES string of the molecule is [2H]c1c([2H])c([2H])c2c(-c3cccc4c3ccc3ccccc34)c3c([2H])c([2H])c([2H])c([2H])c3c(-c3ccc4c(-c5ccccc5)c(-c5ccccc5)oc4c3)c2c1[2H]. The van der Waals surface area contributed by atoms with Crippen LogP contribution in [0.2, 0.25) is 0 Å². The highest BCUT2D eigenvalue weighted by molar-refractivity contribution is 6.25. The third-order valence-corrected chi connectivity index (χ3v) is 9.51. The Morgan fingerprint density at radius 3 is 1.67 bits per heavy atom. The van der Waals surface area contributed by atoms with Crippen LogP contribution in [0, 0.1) is 0 Å². The fourth-order valence-electron chi connectivity index (χ4n) is 7.38. The lowest BCUT2D eigenvalue weighted by Gasteiger charge is -2.19. The highest BCUT2D eigenvalue weighted by Gasteiger charge is 2.21. The van der Waals surface area contributed by atoms with Gasteiger partial charge in [0.15, 0.2) is 0 Å². The van der Waals surface area contributed by atoms with E-state index in [1.807, 2.05) is 133 Å². The van der Waals surface area contributed by atoms with Crippen molar-refractivity contribution in [2.24, 2.45) is 0 Å². The van der Waals surface area contributed by atoms with E-state index in [9.17, 15) is 5.48 Å². The van der Waals surface area contributed by atoms with Crippen LogP contribution >= 0.6 is 0 Å². The molecule has 1 nitrogen and oxygen atoms in total. The lowest BCUT2D eigenvalue weighted by molar-refractivity contribution is 0.632. The Morgan fingerprint density at radius 1 is 0.367 bits per heavy atom. The van der Waals surface area contributed by atoms with Gasteiger partial charge in [0.25, 0.3) is 0 Å². The Kier molecular flexibility index (Phi) is 4.69. The molecule has 0 fully saturated rings. The van der Waals surface area contributed by atoms with Gasteiger partial charge < -0.3 is 4.42 Å². The fourth-order valence-corrected chi connectivity index (χ4v) is 7.38. The highest BCUT2D eigenvalue weighted by atomic mass is 16.3. The average Bonchev–Trinajstić information content (AvgIpc) is 3.64. The third kappa shape index (κ3) is 4.33. The minimum Gasteiger partial charge on any atom is -0.455 e. The molecule has 0 N–H and O–H groups in total. The van der Waals surface area contributed by atoms with Gasteiger partial charge in [-0.3, -0.25) is 0 Å². The molecule has 1 heteroatoms. The minimum atomic E-state index is -0.444. The molecule has 0 spiro atoms. The molecule has 228 valence electrons. The second-order valence-electron chi connectivity index (χ2n) is 12.2. The summed E-state index contributed by atoms with van der Waals surface area (Å²) in [5, 5.41) is 5.17. The first-order valence-corrected chi connectivity index (χ1v) is 16.2. The fraction of sp³-hybridized carbons (Fsp3) is 0. The van der Waals surface area contributed by atoms with E-state index in [1.165, 1.54) is 0 Å². The van der Waals surface area contributed by atoms with Gasteiger partial charge in [0, 0.05) is 16.5 Å². The lowest BCUT2D eigenvalue weighted by atomic mass is 9.84. The Labute approximate surface area is 295 Å². The number of fused-ring (bicyclic) bond motifs is 6. The molecule has 0 saturated carbocycles. The maximum absolute atomic E-state index is 9.46. The highest BCUT2D eigenvalue weighted by Crippen LogP contribution is 2.47. The molecule has 1 heterocycles. The summed E-state index contributed by atoms with van der Waals surface area (Å²) < 4.78 is 80.1. The number of hydrogen-bond donors (Lipinski definition) is 0. The van der Waals surface area contributed by atoms with E-state index in [1.54, 1.807) is 0 Å². The van der Waals surface area contributed by atoms with Crippen LogP contribution < -0.4 is 0 Å². The number of benzene rings is 9. The van der Waals surface area contributed by atoms with Gasteiger partial charge >= 0.3 is 0 Å². The van der Waals surface area contributed by atoms with Crippen LogP contribution in [-0.4, -0.2) is 0 Å². The van der Waals surface area contributed by atoms with Crippen LogP contribution in [0.5, 0.6) is 0 Å². The van der Waals surface area contributed by atoms with Crippen molar-refractivity contribution in [3.05, 3.63) is 182 Å². The molecule has 0 saturated heterocycles. The number of furan rings is 1. The molecule has 0 bridgehead atoms. The minimum absolute atomic E-state index is 0.156. The number of hydrogen-bond acceptors (Lipinski definition) is 1. The summed E-state index contributed by atoms with van der Waals surface area (Å²) in [5.41, 5.74) is 4.90. The quantitative estimate of drug-likeness (QED) is 0.139. The molecule has 10 aromatic rings. The second kappa shape index (κ2) is 11.1. The zero-order chi connectivity index (χ0) is 39.3. The molecule has 0 unspecified atom stereocenters. The van der Waals surface area contributed by atoms with Crippen LogP contribution in [0.4, 0.5) is 0 Å². The van der Waals surface area contributed by atoms with E-state index < -0.39 is 24.2 Å². The third-order valence-electron chi connectivity index (χ3n) is 9.51. The molecule has 1 aromatic heterocycles. The van der Waals surface area contributed by atoms with Crippen molar-refractivity contribution in [1.82, 2.24) is 0 Å².